The van der Waals surface area contributed by atoms with Gasteiger partial charge in [-0.15, -0.1) is 18.3 Å². The maximum atomic E-state index is 12.2. The summed E-state index contributed by atoms with van der Waals surface area (Å²) in [6.45, 7) is 0. The quantitative estimate of drug-likeness (QED) is 0.596. The summed E-state index contributed by atoms with van der Waals surface area (Å²) in [6, 6.07) is 12.8. The van der Waals surface area contributed by atoms with Gasteiger partial charge in [-0.1, -0.05) is 18.2 Å². The summed E-state index contributed by atoms with van der Waals surface area (Å²) in [6.07, 6.45) is -2.47. The molecule has 0 aliphatic heterocycles. The van der Waals surface area contributed by atoms with Crippen LogP contribution in [-0.2, 0) is 16.0 Å². The van der Waals surface area contributed by atoms with E-state index in [0.29, 0.717) is 17.9 Å². The third-order valence-corrected chi connectivity index (χ3v) is 3.86. The number of carbonyl (C=O) groups is 1. The Morgan fingerprint density at radius 3 is 2.57 bits per heavy atom. The van der Waals surface area contributed by atoms with Gasteiger partial charge in [-0.3, -0.25) is 4.79 Å². The van der Waals surface area contributed by atoms with Gasteiger partial charge in [0.25, 0.3) is 0 Å². The fraction of sp³-hybridized carbons (Fsp3) is 0.211. The Bertz CT molecular complexity index is 953. The molecule has 0 bridgehead atoms. The number of nitrogens with zero attached hydrogens (tertiary/aromatic N) is 3. The van der Waals surface area contributed by atoms with E-state index >= 15 is 0 Å². The van der Waals surface area contributed by atoms with Crippen molar-refractivity contribution in [2.75, 3.05) is 7.11 Å². The second-order valence-electron chi connectivity index (χ2n) is 5.83. The molecule has 1 aromatic heterocycles. The Morgan fingerprint density at radius 2 is 1.89 bits per heavy atom. The highest BCUT2D eigenvalue weighted by Gasteiger charge is 2.31. The lowest BCUT2D eigenvalue weighted by Crippen LogP contribution is -2.17. The van der Waals surface area contributed by atoms with Crippen LogP contribution in [0.15, 0.2) is 54.9 Å². The summed E-state index contributed by atoms with van der Waals surface area (Å²) in [4.78, 5) is 15.5. The third kappa shape index (κ3) is 5.09. The molecule has 0 atom stereocenters. The molecule has 0 aliphatic rings. The van der Waals surface area contributed by atoms with Crippen LogP contribution < -0.4 is 4.74 Å². The SMILES string of the molecule is COC(=O)CCc1cccc(-c2ncn(-c3ccc(OC(F)(F)F)cc3)n2)c1. The molecule has 0 saturated carbocycles. The zero-order valence-corrected chi connectivity index (χ0v) is 14.8. The van der Waals surface area contributed by atoms with Crippen molar-refractivity contribution in [2.24, 2.45) is 0 Å². The number of hydrogen-bond acceptors (Lipinski definition) is 5. The van der Waals surface area contributed by atoms with Crippen molar-refractivity contribution in [3.05, 3.63) is 60.4 Å². The van der Waals surface area contributed by atoms with Gasteiger partial charge in [0.2, 0.25) is 0 Å². The highest BCUT2D eigenvalue weighted by Crippen LogP contribution is 2.24. The van der Waals surface area contributed by atoms with Crippen molar-refractivity contribution in [2.45, 2.75) is 19.2 Å². The van der Waals surface area contributed by atoms with Crippen LogP contribution >= 0.6 is 0 Å². The Hall–Kier alpha value is -3.36. The lowest BCUT2D eigenvalue weighted by molar-refractivity contribution is -0.274. The zero-order valence-electron chi connectivity index (χ0n) is 14.8. The summed E-state index contributed by atoms with van der Waals surface area (Å²) in [5, 5.41) is 4.36. The molecule has 146 valence electrons. The summed E-state index contributed by atoms with van der Waals surface area (Å²) < 4.78 is 46.6. The largest absolute Gasteiger partial charge is 0.573 e. The number of aromatic nitrogens is 3. The van der Waals surface area contributed by atoms with Crippen molar-refractivity contribution in [1.29, 1.82) is 0 Å². The molecule has 0 amide bonds. The fourth-order valence-electron chi connectivity index (χ4n) is 2.53. The molecule has 2 aromatic carbocycles. The molecule has 28 heavy (non-hydrogen) atoms. The van der Waals surface area contributed by atoms with E-state index in [1.165, 1.54) is 42.4 Å². The van der Waals surface area contributed by atoms with E-state index in [1.807, 2.05) is 24.3 Å². The molecule has 3 aromatic rings. The van der Waals surface area contributed by atoms with Gasteiger partial charge in [0, 0.05) is 12.0 Å². The molecular formula is C19H16F3N3O3. The first-order valence-corrected chi connectivity index (χ1v) is 8.28. The highest BCUT2D eigenvalue weighted by molar-refractivity contribution is 5.69. The van der Waals surface area contributed by atoms with Crippen LogP contribution in [0.1, 0.15) is 12.0 Å². The van der Waals surface area contributed by atoms with Crippen molar-refractivity contribution in [3.8, 4) is 22.8 Å². The first kappa shape index (κ1) is 19.4. The van der Waals surface area contributed by atoms with E-state index < -0.39 is 6.36 Å². The van der Waals surface area contributed by atoms with Gasteiger partial charge in [0.05, 0.1) is 12.8 Å². The van der Waals surface area contributed by atoms with Crippen LogP contribution in [0.25, 0.3) is 17.1 Å². The monoisotopic (exact) mass is 391 g/mol. The predicted molar refractivity (Wildman–Crippen MR) is 93.8 cm³/mol. The third-order valence-electron chi connectivity index (χ3n) is 3.86. The van der Waals surface area contributed by atoms with Crippen molar-refractivity contribution in [1.82, 2.24) is 14.8 Å². The molecule has 0 spiro atoms. The lowest BCUT2D eigenvalue weighted by Gasteiger charge is -2.09. The van der Waals surface area contributed by atoms with E-state index in [1.54, 1.807) is 0 Å². The highest BCUT2D eigenvalue weighted by atomic mass is 19.4. The van der Waals surface area contributed by atoms with Gasteiger partial charge in [0.15, 0.2) is 5.82 Å². The Balaban J connectivity index is 1.74. The van der Waals surface area contributed by atoms with Gasteiger partial charge in [0.1, 0.15) is 12.1 Å². The summed E-state index contributed by atoms with van der Waals surface area (Å²) in [5.41, 5.74) is 2.24. The molecular weight excluding hydrogens is 375 g/mol. The summed E-state index contributed by atoms with van der Waals surface area (Å²) in [5.74, 6) is -0.142. The molecule has 0 N–H and O–H groups in total. The average molecular weight is 391 g/mol. The molecule has 6 nitrogen and oxygen atoms in total. The van der Waals surface area contributed by atoms with Crippen LogP contribution in [0.3, 0.4) is 0 Å². The number of aryl methyl sites for hydroxylation is 1. The topological polar surface area (TPSA) is 66.2 Å². The fourth-order valence-corrected chi connectivity index (χ4v) is 2.53. The van der Waals surface area contributed by atoms with E-state index in [2.05, 4.69) is 19.6 Å². The van der Waals surface area contributed by atoms with Gasteiger partial charge in [-0.05, 0) is 42.3 Å². The first-order valence-electron chi connectivity index (χ1n) is 8.28. The molecule has 3 rings (SSSR count). The molecule has 0 radical (unpaired) electrons. The maximum absolute atomic E-state index is 12.2. The molecule has 0 aliphatic carbocycles. The Labute approximate surface area is 158 Å². The van der Waals surface area contributed by atoms with E-state index in [0.717, 1.165) is 11.1 Å². The molecule has 0 saturated heterocycles. The Kier molecular flexibility index (Phi) is 5.62. The average Bonchev–Trinajstić information content (AvgIpc) is 3.16. The summed E-state index contributed by atoms with van der Waals surface area (Å²) >= 11 is 0. The lowest BCUT2D eigenvalue weighted by atomic mass is 10.1. The van der Waals surface area contributed by atoms with Crippen LogP contribution in [-0.4, -0.2) is 34.2 Å². The molecule has 9 heteroatoms. The number of methoxy groups -OCH3 is 1. The van der Waals surface area contributed by atoms with Crippen molar-refractivity contribution < 1.29 is 27.4 Å². The van der Waals surface area contributed by atoms with Crippen LogP contribution in [0.2, 0.25) is 0 Å². The van der Waals surface area contributed by atoms with E-state index in [4.69, 9.17) is 0 Å². The first-order chi connectivity index (χ1) is 13.3. The molecule has 1 heterocycles. The Morgan fingerprint density at radius 1 is 1.14 bits per heavy atom. The number of benzene rings is 2. The van der Waals surface area contributed by atoms with Crippen molar-refractivity contribution >= 4 is 5.97 Å². The second kappa shape index (κ2) is 8.12. The van der Waals surface area contributed by atoms with Crippen molar-refractivity contribution in [3.63, 3.8) is 0 Å². The van der Waals surface area contributed by atoms with Gasteiger partial charge < -0.3 is 9.47 Å². The van der Waals surface area contributed by atoms with Gasteiger partial charge in [-0.2, -0.15) is 0 Å². The molecule has 0 fully saturated rings. The number of alkyl halides is 3. The number of rotatable bonds is 6. The summed E-state index contributed by atoms with van der Waals surface area (Å²) in [7, 11) is 1.34. The number of esters is 1. The standard InChI is InChI=1S/C19H16F3N3O3/c1-27-17(26)10-5-13-3-2-4-14(11-13)18-23-12-25(24-18)15-6-8-16(9-7-15)28-19(20,21)22/h2-4,6-9,11-12H,5,10H2,1H3. The maximum Gasteiger partial charge on any atom is 0.573 e. The minimum atomic E-state index is -4.74. The van der Waals surface area contributed by atoms with Gasteiger partial charge in [-0.25, -0.2) is 9.67 Å². The number of ether oxygens (including phenoxy) is 2. The minimum absolute atomic E-state index is 0.272. The smallest absolute Gasteiger partial charge is 0.469 e. The second-order valence-corrected chi connectivity index (χ2v) is 5.83. The van der Waals surface area contributed by atoms with Crippen LogP contribution in [0.4, 0.5) is 13.2 Å². The van der Waals surface area contributed by atoms with Crippen LogP contribution in [0, 0.1) is 0 Å². The predicted octanol–water partition coefficient (Wildman–Crippen LogP) is 3.94. The van der Waals surface area contributed by atoms with E-state index in [-0.39, 0.29) is 18.1 Å². The zero-order chi connectivity index (χ0) is 20.1. The number of halogens is 3. The van der Waals surface area contributed by atoms with Gasteiger partial charge >= 0.3 is 12.3 Å². The normalized spacial score (nSPS) is 11.3. The van der Waals surface area contributed by atoms with E-state index in [9.17, 15) is 18.0 Å². The minimum Gasteiger partial charge on any atom is -0.469 e. The number of carbonyl (C=O) groups excluding carboxylic acids is 1. The van der Waals surface area contributed by atoms with Crippen LogP contribution in [0.5, 0.6) is 5.75 Å². The molecule has 0 unspecified atom stereocenters. The number of hydrogen-bond donors (Lipinski definition) is 0.